The lowest BCUT2D eigenvalue weighted by atomic mass is 10.00. The minimum absolute atomic E-state index is 0.256. The lowest BCUT2D eigenvalue weighted by Crippen LogP contribution is -2.26. The minimum Gasteiger partial charge on any atom is -0.454 e. The highest BCUT2D eigenvalue weighted by Gasteiger charge is 2.38. The molecule has 2 atom stereocenters. The summed E-state index contributed by atoms with van der Waals surface area (Å²) in [6, 6.07) is 12.8. The molecule has 0 N–H and O–H groups in total. The van der Waals surface area contributed by atoms with Gasteiger partial charge in [-0.1, -0.05) is 50.1 Å². The van der Waals surface area contributed by atoms with Crippen molar-refractivity contribution in [2.45, 2.75) is 39.4 Å². The maximum Gasteiger partial charge on any atom is 0.338 e. The monoisotopic (exact) mass is 446 g/mol. The first kappa shape index (κ1) is 23.7. The largest absolute Gasteiger partial charge is 0.454 e. The molecule has 1 aliphatic carbocycles. The predicted molar refractivity (Wildman–Crippen MR) is 124 cm³/mol. The highest BCUT2D eigenvalue weighted by molar-refractivity contribution is 5.89. The number of carbonyl (C=O) groups is 3. The minimum atomic E-state index is -0.746. The zero-order valence-corrected chi connectivity index (χ0v) is 19.0. The molecule has 170 valence electrons. The standard InChI is InChI=1S/C27H26O6/c1-15(2)25(28)31-21-9-7-8-18(13-21)19-10-11-22-20(12-19)14-23(32-26(29)16(3)4)24(22)33-27(30)17(5)6/h7-13,23-24H,1,3,5,14H2,2,4,6H3. The first-order valence-electron chi connectivity index (χ1n) is 10.4. The number of fused-ring (bicyclic) bond motifs is 1. The van der Waals surface area contributed by atoms with E-state index < -0.39 is 30.1 Å². The summed E-state index contributed by atoms with van der Waals surface area (Å²) in [5.74, 6) is -1.19. The third-order valence-corrected chi connectivity index (χ3v) is 5.12. The first-order valence-corrected chi connectivity index (χ1v) is 10.4. The molecule has 6 heteroatoms. The van der Waals surface area contributed by atoms with E-state index in [1.54, 1.807) is 39.0 Å². The van der Waals surface area contributed by atoms with Crippen molar-refractivity contribution in [1.82, 2.24) is 0 Å². The fraction of sp³-hybridized carbons (Fsp3) is 0.222. The average Bonchev–Trinajstić information content (AvgIpc) is 3.09. The Morgan fingerprint density at radius 2 is 1.39 bits per heavy atom. The second-order valence-electron chi connectivity index (χ2n) is 8.15. The van der Waals surface area contributed by atoms with Gasteiger partial charge >= 0.3 is 17.9 Å². The van der Waals surface area contributed by atoms with Crippen LogP contribution in [0.1, 0.15) is 38.0 Å². The van der Waals surface area contributed by atoms with Crippen molar-refractivity contribution in [1.29, 1.82) is 0 Å². The number of benzene rings is 2. The molecule has 0 aromatic heterocycles. The zero-order chi connectivity index (χ0) is 24.3. The van der Waals surface area contributed by atoms with Gasteiger partial charge in [0.05, 0.1) is 0 Å². The Kier molecular flexibility index (Phi) is 6.97. The van der Waals surface area contributed by atoms with E-state index in [0.29, 0.717) is 17.7 Å². The van der Waals surface area contributed by atoms with Crippen LogP contribution in [0.25, 0.3) is 11.1 Å². The SMILES string of the molecule is C=C(C)C(=O)Oc1cccc(-c2ccc3c(c2)CC(OC(=O)C(=C)C)C3OC(=O)C(=C)C)c1. The molecule has 6 nitrogen and oxygen atoms in total. The van der Waals surface area contributed by atoms with Crippen molar-refractivity contribution in [3.05, 3.63) is 90.0 Å². The van der Waals surface area contributed by atoms with E-state index in [-0.39, 0.29) is 11.1 Å². The second-order valence-corrected chi connectivity index (χ2v) is 8.15. The van der Waals surface area contributed by atoms with E-state index in [9.17, 15) is 14.4 Å². The summed E-state index contributed by atoms with van der Waals surface area (Å²) in [6.07, 6.45) is -1.05. The first-order chi connectivity index (χ1) is 15.6. The van der Waals surface area contributed by atoms with E-state index in [4.69, 9.17) is 14.2 Å². The van der Waals surface area contributed by atoms with Gasteiger partial charge in [-0.25, -0.2) is 14.4 Å². The fourth-order valence-corrected chi connectivity index (χ4v) is 3.39. The van der Waals surface area contributed by atoms with Crippen LogP contribution in [0.15, 0.2) is 78.9 Å². The molecule has 0 saturated heterocycles. The summed E-state index contributed by atoms with van der Waals surface area (Å²) in [7, 11) is 0. The topological polar surface area (TPSA) is 78.9 Å². The Morgan fingerprint density at radius 1 is 0.788 bits per heavy atom. The van der Waals surface area contributed by atoms with Crippen LogP contribution in [-0.4, -0.2) is 24.0 Å². The van der Waals surface area contributed by atoms with Crippen LogP contribution in [0, 0.1) is 0 Å². The van der Waals surface area contributed by atoms with Crippen molar-refractivity contribution in [2.24, 2.45) is 0 Å². The zero-order valence-electron chi connectivity index (χ0n) is 19.0. The van der Waals surface area contributed by atoms with Gasteiger partial charge in [0.15, 0.2) is 6.10 Å². The van der Waals surface area contributed by atoms with Crippen LogP contribution < -0.4 is 4.74 Å². The number of hydrogen-bond acceptors (Lipinski definition) is 6. The van der Waals surface area contributed by atoms with Crippen LogP contribution in [0.2, 0.25) is 0 Å². The summed E-state index contributed by atoms with van der Waals surface area (Å²) in [5, 5.41) is 0. The molecule has 0 bridgehead atoms. The van der Waals surface area contributed by atoms with Crippen LogP contribution in [0.5, 0.6) is 5.75 Å². The van der Waals surface area contributed by atoms with Gasteiger partial charge in [-0.15, -0.1) is 0 Å². The summed E-state index contributed by atoms with van der Waals surface area (Å²) in [6.45, 7) is 15.5. The third-order valence-electron chi connectivity index (χ3n) is 5.12. The normalized spacial score (nSPS) is 16.3. The molecule has 2 aromatic carbocycles. The van der Waals surface area contributed by atoms with Crippen molar-refractivity contribution < 1.29 is 28.6 Å². The van der Waals surface area contributed by atoms with Gasteiger partial charge in [0, 0.05) is 23.1 Å². The van der Waals surface area contributed by atoms with E-state index >= 15 is 0 Å². The lowest BCUT2D eigenvalue weighted by Gasteiger charge is -2.21. The summed E-state index contributed by atoms with van der Waals surface area (Å²) in [5.41, 5.74) is 4.18. The van der Waals surface area contributed by atoms with Gasteiger partial charge < -0.3 is 14.2 Å². The quantitative estimate of drug-likeness (QED) is 0.337. The number of carbonyl (C=O) groups excluding carboxylic acids is 3. The molecule has 2 unspecified atom stereocenters. The van der Waals surface area contributed by atoms with Gasteiger partial charge in [0.25, 0.3) is 0 Å². The Morgan fingerprint density at radius 3 is 2.03 bits per heavy atom. The van der Waals surface area contributed by atoms with E-state index in [2.05, 4.69) is 19.7 Å². The van der Waals surface area contributed by atoms with Crippen LogP contribution >= 0.6 is 0 Å². The van der Waals surface area contributed by atoms with Crippen molar-refractivity contribution in [2.75, 3.05) is 0 Å². The Balaban J connectivity index is 1.92. The molecule has 0 radical (unpaired) electrons. The van der Waals surface area contributed by atoms with Crippen LogP contribution in [0.4, 0.5) is 0 Å². The van der Waals surface area contributed by atoms with Crippen LogP contribution in [0.3, 0.4) is 0 Å². The molecule has 33 heavy (non-hydrogen) atoms. The summed E-state index contributed by atoms with van der Waals surface area (Å²) >= 11 is 0. The van der Waals surface area contributed by atoms with Crippen molar-refractivity contribution >= 4 is 17.9 Å². The summed E-state index contributed by atoms with van der Waals surface area (Å²) in [4.78, 5) is 36.2. The Hall–Kier alpha value is -3.93. The third kappa shape index (κ3) is 5.47. The molecular weight excluding hydrogens is 420 g/mol. The van der Waals surface area contributed by atoms with Crippen LogP contribution in [-0.2, 0) is 30.3 Å². The number of ether oxygens (including phenoxy) is 3. The maximum absolute atomic E-state index is 12.2. The van der Waals surface area contributed by atoms with Gasteiger partial charge in [-0.3, -0.25) is 0 Å². The van der Waals surface area contributed by atoms with Crippen molar-refractivity contribution in [3.8, 4) is 16.9 Å². The maximum atomic E-state index is 12.2. The van der Waals surface area contributed by atoms with Gasteiger partial charge in [-0.05, 0) is 55.2 Å². The molecule has 0 amide bonds. The molecular formula is C27H26O6. The van der Waals surface area contributed by atoms with Gasteiger partial charge in [0.2, 0.25) is 0 Å². The second kappa shape index (κ2) is 9.69. The van der Waals surface area contributed by atoms with E-state index in [0.717, 1.165) is 22.3 Å². The molecule has 0 fully saturated rings. The number of esters is 3. The highest BCUT2D eigenvalue weighted by Crippen LogP contribution is 2.39. The predicted octanol–water partition coefficient (Wildman–Crippen LogP) is 5.04. The van der Waals surface area contributed by atoms with E-state index in [1.807, 2.05) is 24.3 Å². The van der Waals surface area contributed by atoms with Crippen molar-refractivity contribution in [3.63, 3.8) is 0 Å². The summed E-state index contributed by atoms with van der Waals surface area (Å²) < 4.78 is 16.5. The highest BCUT2D eigenvalue weighted by atomic mass is 16.6. The molecule has 0 heterocycles. The molecule has 3 rings (SSSR count). The number of rotatable bonds is 7. The van der Waals surface area contributed by atoms with Gasteiger partial charge in [0.1, 0.15) is 11.9 Å². The average molecular weight is 446 g/mol. The smallest absolute Gasteiger partial charge is 0.338 e. The number of hydrogen-bond donors (Lipinski definition) is 0. The molecule has 0 saturated carbocycles. The Labute approximate surface area is 193 Å². The van der Waals surface area contributed by atoms with E-state index in [1.165, 1.54) is 0 Å². The molecule has 2 aromatic rings. The lowest BCUT2D eigenvalue weighted by molar-refractivity contribution is -0.161. The molecule has 0 spiro atoms. The fourth-order valence-electron chi connectivity index (χ4n) is 3.39. The molecule has 0 aliphatic heterocycles. The van der Waals surface area contributed by atoms with Gasteiger partial charge in [-0.2, -0.15) is 0 Å². The Bertz CT molecular complexity index is 1170. The molecule has 1 aliphatic rings.